The molecule has 3 nitrogen and oxygen atoms in total. The van der Waals surface area contributed by atoms with Gasteiger partial charge in [-0.1, -0.05) is 13.8 Å². The van der Waals surface area contributed by atoms with Crippen LogP contribution in [0, 0.1) is 0 Å². The molecule has 0 rings (SSSR count). The molecule has 0 spiro atoms. The summed E-state index contributed by atoms with van der Waals surface area (Å²) >= 11 is 0. The van der Waals surface area contributed by atoms with Crippen molar-refractivity contribution >= 4 is 5.97 Å². The summed E-state index contributed by atoms with van der Waals surface area (Å²) in [6.45, 7) is 12.3. The van der Waals surface area contributed by atoms with E-state index >= 15 is 0 Å². The summed E-state index contributed by atoms with van der Waals surface area (Å²) in [4.78, 5) is 11.0. The van der Waals surface area contributed by atoms with Gasteiger partial charge in [0, 0.05) is 13.3 Å². The first-order chi connectivity index (χ1) is 7.24. The molecule has 0 saturated carbocycles. The molecule has 0 radical (unpaired) electrons. The molecule has 0 aromatic carbocycles. The molecule has 0 aromatic rings. The van der Waals surface area contributed by atoms with Gasteiger partial charge in [0.25, 0.3) is 0 Å². The Morgan fingerprint density at radius 3 is 2.06 bits per heavy atom. The Balaban J connectivity index is 4.10. The first-order valence-electron chi connectivity index (χ1n) is 6.08. The van der Waals surface area contributed by atoms with Gasteiger partial charge >= 0.3 is 5.97 Å². The molecule has 1 atom stereocenters. The predicted molar refractivity (Wildman–Crippen MR) is 65.4 cm³/mol. The molecule has 0 aliphatic heterocycles. The zero-order chi connectivity index (χ0) is 12.8. The monoisotopic (exact) mass is 230 g/mol. The number of esters is 1. The smallest absolute Gasteiger partial charge is 0.303 e. The molecule has 0 N–H and O–H groups in total. The van der Waals surface area contributed by atoms with E-state index in [1.807, 2.05) is 13.8 Å². The van der Waals surface area contributed by atoms with Gasteiger partial charge in [0.05, 0.1) is 12.2 Å². The molecule has 0 saturated heterocycles. The Kier molecular flexibility index (Phi) is 6.01. The topological polar surface area (TPSA) is 35.5 Å². The van der Waals surface area contributed by atoms with E-state index in [1.54, 1.807) is 0 Å². The number of hydrogen-bond acceptors (Lipinski definition) is 3. The fourth-order valence-electron chi connectivity index (χ4n) is 1.29. The van der Waals surface area contributed by atoms with Crippen molar-refractivity contribution in [2.75, 3.05) is 6.61 Å². The van der Waals surface area contributed by atoms with E-state index in [0.717, 1.165) is 19.3 Å². The quantitative estimate of drug-likeness (QED) is 0.629. The van der Waals surface area contributed by atoms with Crippen LogP contribution in [0.1, 0.15) is 60.8 Å². The van der Waals surface area contributed by atoms with Crippen molar-refractivity contribution < 1.29 is 14.3 Å². The summed E-state index contributed by atoms with van der Waals surface area (Å²) in [5.74, 6) is -0.223. The van der Waals surface area contributed by atoms with Crippen molar-refractivity contribution in [3.05, 3.63) is 0 Å². The van der Waals surface area contributed by atoms with Gasteiger partial charge in [-0.3, -0.25) is 4.79 Å². The van der Waals surface area contributed by atoms with Gasteiger partial charge in [-0.25, -0.2) is 0 Å². The molecule has 0 aliphatic rings. The first-order valence-corrected chi connectivity index (χ1v) is 6.08. The lowest BCUT2D eigenvalue weighted by Gasteiger charge is -2.30. The number of carbonyl (C=O) groups excluding carboxylic acids is 1. The fourth-order valence-corrected chi connectivity index (χ4v) is 1.29. The largest absolute Gasteiger partial charge is 0.459 e. The number of carbonyl (C=O) groups is 1. The van der Waals surface area contributed by atoms with Crippen molar-refractivity contribution in [1.82, 2.24) is 0 Å². The van der Waals surface area contributed by atoms with Gasteiger partial charge in [0.2, 0.25) is 0 Å². The second kappa shape index (κ2) is 6.24. The molecule has 0 aliphatic carbocycles. The van der Waals surface area contributed by atoms with Crippen LogP contribution in [0.25, 0.3) is 0 Å². The molecule has 3 heteroatoms. The standard InChI is InChI=1S/C13H26O3/c1-7-12(4,5)15-10-9-13(6,8-2)16-11(3)14/h7-10H2,1-6H3. The minimum Gasteiger partial charge on any atom is -0.459 e. The summed E-state index contributed by atoms with van der Waals surface area (Å²) in [5, 5.41) is 0. The third kappa shape index (κ3) is 6.11. The third-order valence-corrected chi connectivity index (χ3v) is 3.11. The Labute approximate surface area is 99.5 Å². The van der Waals surface area contributed by atoms with Gasteiger partial charge in [-0.15, -0.1) is 0 Å². The lowest BCUT2D eigenvalue weighted by atomic mass is 9.99. The van der Waals surface area contributed by atoms with Gasteiger partial charge < -0.3 is 9.47 Å². The second-order valence-corrected chi connectivity index (χ2v) is 5.11. The van der Waals surface area contributed by atoms with E-state index < -0.39 is 5.60 Å². The Morgan fingerprint density at radius 1 is 1.12 bits per heavy atom. The molecular formula is C13H26O3. The molecule has 96 valence electrons. The van der Waals surface area contributed by atoms with Crippen LogP contribution in [0.3, 0.4) is 0 Å². The van der Waals surface area contributed by atoms with Crippen LogP contribution >= 0.6 is 0 Å². The Hall–Kier alpha value is -0.570. The lowest BCUT2D eigenvalue weighted by Crippen LogP contribution is -2.33. The first kappa shape index (κ1) is 15.4. The van der Waals surface area contributed by atoms with Gasteiger partial charge in [-0.05, 0) is 33.6 Å². The zero-order valence-electron chi connectivity index (χ0n) is 11.6. The second-order valence-electron chi connectivity index (χ2n) is 5.11. The van der Waals surface area contributed by atoms with E-state index in [9.17, 15) is 4.79 Å². The van der Waals surface area contributed by atoms with Crippen LogP contribution in [0.2, 0.25) is 0 Å². The summed E-state index contributed by atoms with van der Waals surface area (Å²) < 4.78 is 11.1. The summed E-state index contributed by atoms with van der Waals surface area (Å²) in [7, 11) is 0. The zero-order valence-corrected chi connectivity index (χ0v) is 11.6. The van der Waals surface area contributed by atoms with E-state index in [-0.39, 0.29) is 11.6 Å². The van der Waals surface area contributed by atoms with Crippen LogP contribution in [-0.4, -0.2) is 23.8 Å². The molecule has 0 aromatic heterocycles. The normalized spacial score (nSPS) is 15.6. The van der Waals surface area contributed by atoms with Gasteiger partial charge in [-0.2, -0.15) is 0 Å². The predicted octanol–water partition coefficient (Wildman–Crippen LogP) is 3.31. The van der Waals surface area contributed by atoms with Crippen molar-refractivity contribution in [1.29, 1.82) is 0 Å². The van der Waals surface area contributed by atoms with E-state index in [1.165, 1.54) is 6.92 Å². The van der Waals surface area contributed by atoms with Crippen molar-refractivity contribution in [3.8, 4) is 0 Å². The highest BCUT2D eigenvalue weighted by molar-refractivity contribution is 5.66. The maximum Gasteiger partial charge on any atom is 0.303 e. The van der Waals surface area contributed by atoms with Crippen molar-refractivity contribution in [3.63, 3.8) is 0 Å². The van der Waals surface area contributed by atoms with Crippen LogP contribution in [-0.2, 0) is 14.3 Å². The highest BCUT2D eigenvalue weighted by Gasteiger charge is 2.26. The molecule has 0 amide bonds. The summed E-state index contributed by atoms with van der Waals surface area (Å²) in [5.41, 5.74) is -0.486. The molecule has 0 bridgehead atoms. The number of ether oxygens (including phenoxy) is 2. The van der Waals surface area contributed by atoms with E-state index in [4.69, 9.17) is 9.47 Å². The number of rotatable bonds is 7. The average molecular weight is 230 g/mol. The molecule has 0 fully saturated rings. The highest BCUT2D eigenvalue weighted by Crippen LogP contribution is 2.22. The third-order valence-electron chi connectivity index (χ3n) is 3.11. The van der Waals surface area contributed by atoms with Gasteiger partial charge in [0.15, 0.2) is 0 Å². The van der Waals surface area contributed by atoms with Crippen LogP contribution in [0.15, 0.2) is 0 Å². The Bertz CT molecular complexity index is 223. The molecule has 1 unspecified atom stereocenters. The van der Waals surface area contributed by atoms with E-state index in [2.05, 4.69) is 20.8 Å². The molecule has 16 heavy (non-hydrogen) atoms. The number of hydrogen-bond donors (Lipinski definition) is 0. The summed E-state index contributed by atoms with van der Waals surface area (Å²) in [6, 6.07) is 0. The summed E-state index contributed by atoms with van der Waals surface area (Å²) in [6.07, 6.45) is 2.53. The fraction of sp³-hybridized carbons (Fsp3) is 0.923. The highest BCUT2D eigenvalue weighted by atomic mass is 16.6. The van der Waals surface area contributed by atoms with Crippen molar-refractivity contribution in [2.24, 2.45) is 0 Å². The van der Waals surface area contributed by atoms with Crippen LogP contribution in [0.5, 0.6) is 0 Å². The van der Waals surface area contributed by atoms with Crippen LogP contribution in [0.4, 0.5) is 0 Å². The molecular weight excluding hydrogens is 204 g/mol. The van der Waals surface area contributed by atoms with Crippen molar-refractivity contribution in [2.45, 2.75) is 72.0 Å². The maximum atomic E-state index is 11.0. The SMILES string of the molecule is CCC(C)(C)OCCC(C)(CC)OC(C)=O. The molecule has 0 heterocycles. The Morgan fingerprint density at radius 2 is 1.69 bits per heavy atom. The van der Waals surface area contributed by atoms with Gasteiger partial charge in [0.1, 0.15) is 5.60 Å². The lowest BCUT2D eigenvalue weighted by molar-refractivity contribution is -0.158. The van der Waals surface area contributed by atoms with E-state index in [0.29, 0.717) is 6.61 Å². The minimum atomic E-state index is -0.393. The minimum absolute atomic E-state index is 0.0924. The van der Waals surface area contributed by atoms with Crippen LogP contribution < -0.4 is 0 Å². The average Bonchev–Trinajstić information content (AvgIpc) is 2.16. The maximum absolute atomic E-state index is 11.0.